The molecule has 1 atom stereocenters. The number of nitrogens with zero attached hydrogens (tertiary/aromatic N) is 1. The summed E-state index contributed by atoms with van der Waals surface area (Å²) in [5.74, 6) is 0.384. The third kappa shape index (κ3) is 2.74. The molecule has 1 fully saturated rings. The van der Waals surface area contributed by atoms with Crippen molar-refractivity contribution in [2.24, 2.45) is 17.6 Å². The largest absolute Gasteiger partial charge is 0.386 e. The summed E-state index contributed by atoms with van der Waals surface area (Å²) >= 11 is 0. The van der Waals surface area contributed by atoms with Crippen LogP contribution < -0.4 is 5.73 Å². The van der Waals surface area contributed by atoms with Crippen LogP contribution in [0, 0.1) is 11.8 Å². The van der Waals surface area contributed by atoms with Crippen LogP contribution in [0.5, 0.6) is 0 Å². The van der Waals surface area contributed by atoms with Crippen LogP contribution in [-0.2, 0) is 4.79 Å². The molecule has 1 rings (SSSR count). The normalized spacial score (nSPS) is 20.8. The SMILES string of the molecule is CC(CCCN)C(=O)N1CC(O)(C(C)C)C1. The van der Waals surface area contributed by atoms with Crippen molar-refractivity contribution in [1.29, 1.82) is 0 Å². The molecule has 1 saturated heterocycles. The Morgan fingerprint density at radius 3 is 2.44 bits per heavy atom. The first-order valence-electron chi connectivity index (χ1n) is 6.12. The number of likely N-dealkylation sites (tertiary alicyclic amines) is 1. The molecule has 3 N–H and O–H groups in total. The van der Waals surface area contributed by atoms with Crippen LogP contribution in [-0.4, -0.2) is 41.1 Å². The van der Waals surface area contributed by atoms with Gasteiger partial charge in [0.25, 0.3) is 0 Å². The Morgan fingerprint density at radius 1 is 1.44 bits per heavy atom. The van der Waals surface area contributed by atoms with Crippen molar-refractivity contribution in [3.8, 4) is 0 Å². The van der Waals surface area contributed by atoms with Crippen LogP contribution in [0.3, 0.4) is 0 Å². The summed E-state index contributed by atoms with van der Waals surface area (Å²) < 4.78 is 0. The van der Waals surface area contributed by atoms with Gasteiger partial charge in [-0.3, -0.25) is 4.79 Å². The summed E-state index contributed by atoms with van der Waals surface area (Å²) in [5, 5.41) is 10.1. The van der Waals surface area contributed by atoms with Gasteiger partial charge in [0.15, 0.2) is 0 Å². The lowest BCUT2D eigenvalue weighted by molar-refractivity contribution is -0.167. The predicted molar refractivity (Wildman–Crippen MR) is 63.8 cm³/mol. The van der Waals surface area contributed by atoms with E-state index in [4.69, 9.17) is 5.73 Å². The molecule has 0 bridgehead atoms. The maximum Gasteiger partial charge on any atom is 0.225 e. The van der Waals surface area contributed by atoms with Crippen molar-refractivity contribution in [1.82, 2.24) is 4.90 Å². The Bertz CT molecular complexity index is 247. The molecule has 4 nitrogen and oxygen atoms in total. The fourth-order valence-corrected chi connectivity index (χ4v) is 1.99. The lowest BCUT2D eigenvalue weighted by Gasteiger charge is -2.49. The Labute approximate surface area is 97.8 Å². The molecule has 0 spiro atoms. The van der Waals surface area contributed by atoms with Crippen LogP contribution in [0.4, 0.5) is 0 Å². The topological polar surface area (TPSA) is 66.6 Å². The van der Waals surface area contributed by atoms with Crippen molar-refractivity contribution in [2.45, 2.75) is 39.2 Å². The number of aliphatic hydroxyl groups is 1. The van der Waals surface area contributed by atoms with Crippen LogP contribution in [0.15, 0.2) is 0 Å². The lowest BCUT2D eigenvalue weighted by atomic mass is 9.82. The van der Waals surface area contributed by atoms with E-state index in [9.17, 15) is 9.90 Å². The molecule has 1 aliphatic heterocycles. The minimum absolute atomic E-state index is 0.0280. The molecular formula is C12H24N2O2. The van der Waals surface area contributed by atoms with Gasteiger partial charge < -0.3 is 15.7 Å². The molecule has 1 unspecified atom stereocenters. The Kier molecular flexibility index (Phi) is 4.33. The number of rotatable bonds is 5. The van der Waals surface area contributed by atoms with Gasteiger partial charge in [-0.2, -0.15) is 0 Å². The minimum Gasteiger partial charge on any atom is -0.386 e. The molecule has 16 heavy (non-hydrogen) atoms. The van der Waals surface area contributed by atoms with Gasteiger partial charge >= 0.3 is 0 Å². The first kappa shape index (κ1) is 13.5. The first-order valence-corrected chi connectivity index (χ1v) is 6.12. The molecule has 0 aliphatic carbocycles. The fraction of sp³-hybridized carbons (Fsp3) is 0.917. The number of hydrogen-bond donors (Lipinski definition) is 2. The number of hydrogen-bond acceptors (Lipinski definition) is 3. The van der Waals surface area contributed by atoms with Crippen molar-refractivity contribution >= 4 is 5.91 Å². The van der Waals surface area contributed by atoms with Crippen LogP contribution in [0.1, 0.15) is 33.6 Å². The van der Waals surface area contributed by atoms with Crippen molar-refractivity contribution in [3.63, 3.8) is 0 Å². The van der Waals surface area contributed by atoms with E-state index in [1.165, 1.54) is 0 Å². The second-order valence-corrected chi connectivity index (χ2v) is 5.28. The first-order chi connectivity index (χ1) is 7.40. The predicted octanol–water partition coefficient (Wildman–Crippen LogP) is 0.591. The summed E-state index contributed by atoms with van der Waals surface area (Å²) in [7, 11) is 0. The highest BCUT2D eigenvalue weighted by Crippen LogP contribution is 2.30. The Balaban J connectivity index is 2.36. The molecule has 0 saturated carbocycles. The van der Waals surface area contributed by atoms with Crippen molar-refractivity contribution in [2.75, 3.05) is 19.6 Å². The van der Waals surface area contributed by atoms with E-state index in [-0.39, 0.29) is 17.7 Å². The summed E-state index contributed by atoms with van der Waals surface area (Å²) in [6, 6.07) is 0. The third-order valence-corrected chi connectivity index (χ3v) is 3.58. The molecule has 1 heterocycles. The van der Waals surface area contributed by atoms with Crippen LogP contribution in [0.2, 0.25) is 0 Å². The van der Waals surface area contributed by atoms with Gasteiger partial charge in [-0.1, -0.05) is 20.8 Å². The number of nitrogens with two attached hydrogens (primary N) is 1. The molecule has 0 aromatic heterocycles. The summed E-state index contributed by atoms with van der Waals surface area (Å²) in [5.41, 5.74) is 4.75. The van der Waals surface area contributed by atoms with Crippen molar-refractivity contribution in [3.05, 3.63) is 0 Å². The maximum absolute atomic E-state index is 11.9. The number of carbonyl (C=O) groups is 1. The van der Waals surface area contributed by atoms with Gasteiger partial charge in [0.2, 0.25) is 5.91 Å². The van der Waals surface area contributed by atoms with Crippen LogP contribution >= 0.6 is 0 Å². The highest BCUT2D eigenvalue weighted by atomic mass is 16.3. The molecule has 1 aliphatic rings. The third-order valence-electron chi connectivity index (χ3n) is 3.58. The quantitative estimate of drug-likeness (QED) is 0.724. The summed E-state index contributed by atoms with van der Waals surface area (Å²) in [6.45, 7) is 7.50. The van der Waals surface area contributed by atoms with E-state index < -0.39 is 5.60 Å². The number of amides is 1. The number of carbonyl (C=O) groups excluding carboxylic acids is 1. The average molecular weight is 228 g/mol. The molecule has 0 radical (unpaired) electrons. The van der Waals surface area contributed by atoms with Gasteiger partial charge in [0, 0.05) is 5.92 Å². The molecule has 0 aromatic rings. The maximum atomic E-state index is 11.9. The van der Waals surface area contributed by atoms with Gasteiger partial charge in [-0.25, -0.2) is 0 Å². The summed E-state index contributed by atoms with van der Waals surface area (Å²) in [6.07, 6.45) is 1.72. The van der Waals surface area contributed by atoms with E-state index in [1.807, 2.05) is 20.8 Å². The zero-order chi connectivity index (χ0) is 12.3. The van der Waals surface area contributed by atoms with Gasteiger partial charge in [0.1, 0.15) is 5.60 Å². The second-order valence-electron chi connectivity index (χ2n) is 5.28. The van der Waals surface area contributed by atoms with E-state index in [1.54, 1.807) is 4.90 Å². The zero-order valence-electron chi connectivity index (χ0n) is 10.6. The second kappa shape index (κ2) is 5.15. The Morgan fingerprint density at radius 2 is 2.00 bits per heavy atom. The minimum atomic E-state index is -0.663. The zero-order valence-corrected chi connectivity index (χ0v) is 10.6. The monoisotopic (exact) mass is 228 g/mol. The lowest BCUT2D eigenvalue weighted by Crippen LogP contribution is -2.66. The highest BCUT2D eigenvalue weighted by Gasteiger charge is 2.46. The smallest absolute Gasteiger partial charge is 0.225 e. The summed E-state index contributed by atoms with van der Waals surface area (Å²) in [4.78, 5) is 13.7. The van der Waals surface area contributed by atoms with Gasteiger partial charge in [-0.05, 0) is 25.3 Å². The van der Waals surface area contributed by atoms with Gasteiger partial charge in [0.05, 0.1) is 13.1 Å². The van der Waals surface area contributed by atoms with E-state index in [0.717, 1.165) is 12.8 Å². The number of β-amino-alcohol motifs (C(OH)–C–C–N with tert-alkyl or cyclic N) is 1. The fourth-order valence-electron chi connectivity index (χ4n) is 1.99. The molecule has 0 aromatic carbocycles. The van der Waals surface area contributed by atoms with E-state index in [0.29, 0.717) is 19.6 Å². The average Bonchev–Trinajstić information content (AvgIpc) is 2.19. The van der Waals surface area contributed by atoms with E-state index in [2.05, 4.69) is 0 Å². The van der Waals surface area contributed by atoms with E-state index >= 15 is 0 Å². The standard InChI is InChI=1S/C12H24N2O2/c1-9(2)12(16)7-14(8-12)11(15)10(3)5-4-6-13/h9-10,16H,4-8,13H2,1-3H3. The highest BCUT2D eigenvalue weighted by molar-refractivity contribution is 5.79. The molecular weight excluding hydrogens is 204 g/mol. The molecule has 1 amide bonds. The Hall–Kier alpha value is -0.610. The molecule has 4 heteroatoms. The van der Waals surface area contributed by atoms with Crippen molar-refractivity contribution < 1.29 is 9.90 Å². The molecule has 94 valence electrons. The van der Waals surface area contributed by atoms with Gasteiger partial charge in [-0.15, -0.1) is 0 Å². The van der Waals surface area contributed by atoms with Crippen LogP contribution in [0.25, 0.3) is 0 Å².